The second kappa shape index (κ2) is 7.81. The Balaban J connectivity index is 1.66. The van der Waals surface area contributed by atoms with Gasteiger partial charge in [0.05, 0.1) is 12.7 Å². The first-order valence-corrected chi connectivity index (χ1v) is 8.52. The number of rotatable bonds is 5. The zero-order valence-electron chi connectivity index (χ0n) is 14.6. The van der Waals surface area contributed by atoms with E-state index in [1.54, 1.807) is 6.20 Å². The van der Waals surface area contributed by atoms with Crippen LogP contribution >= 0.6 is 0 Å². The molecule has 1 aliphatic rings. The van der Waals surface area contributed by atoms with E-state index in [1.807, 2.05) is 20.8 Å². The van der Waals surface area contributed by atoms with E-state index in [0.29, 0.717) is 12.6 Å². The first kappa shape index (κ1) is 17.8. The van der Waals surface area contributed by atoms with Crippen LogP contribution in [0, 0.1) is 0 Å². The minimum Gasteiger partial charge on any atom is -0.444 e. The molecule has 0 bridgehead atoms. The van der Waals surface area contributed by atoms with Crippen LogP contribution in [0.15, 0.2) is 10.6 Å². The molecule has 1 aromatic rings. The van der Waals surface area contributed by atoms with Gasteiger partial charge in [0.15, 0.2) is 0 Å². The number of hydrogen-bond donors (Lipinski definition) is 2. The lowest BCUT2D eigenvalue weighted by Crippen LogP contribution is -2.43. The molecule has 1 amide bonds. The molecule has 1 saturated carbocycles. The predicted molar refractivity (Wildman–Crippen MR) is 88.1 cm³/mol. The van der Waals surface area contributed by atoms with Gasteiger partial charge in [0, 0.05) is 18.5 Å². The molecule has 1 aromatic heterocycles. The molecule has 23 heavy (non-hydrogen) atoms. The predicted octanol–water partition coefficient (Wildman–Crippen LogP) is 3.16. The molecular formula is C17H29N3O3. The highest BCUT2D eigenvalue weighted by Gasteiger charge is 2.24. The van der Waals surface area contributed by atoms with Crippen LogP contribution in [0.3, 0.4) is 0 Å². The van der Waals surface area contributed by atoms with Crippen molar-refractivity contribution in [2.24, 2.45) is 0 Å². The van der Waals surface area contributed by atoms with Crippen molar-refractivity contribution in [2.45, 2.75) is 84.0 Å². The van der Waals surface area contributed by atoms with Crippen molar-refractivity contribution in [1.82, 2.24) is 15.6 Å². The van der Waals surface area contributed by atoms with E-state index in [1.165, 1.54) is 0 Å². The fraction of sp³-hybridized carbons (Fsp3) is 0.765. The first-order chi connectivity index (χ1) is 10.9. The van der Waals surface area contributed by atoms with Crippen LogP contribution in [0.1, 0.15) is 65.0 Å². The zero-order valence-corrected chi connectivity index (χ0v) is 14.6. The van der Waals surface area contributed by atoms with Gasteiger partial charge in [0.2, 0.25) is 5.89 Å². The molecular weight excluding hydrogens is 294 g/mol. The van der Waals surface area contributed by atoms with Gasteiger partial charge < -0.3 is 19.8 Å². The molecule has 1 heterocycles. The van der Waals surface area contributed by atoms with E-state index in [0.717, 1.165) is 43.8 Å². The smallest absolute Gasteiger partial charge is 0.407 e. The summed E-state index contributed by atoms with van der Waals surface area (Å²) in [6.07, 6.45) is 6.32. The van der Waals surface area contributed by atoms with Gasteiger partial charge in [-0.3, -0.25) is 0 Å². The number of aromatic nitrogens is 1. The zero-order chi connectivity index (χ0) is 16.9. The molecule has 1 fully saturated rings. The van der Waals surface area contributed by atoms with Crippen LogP contribution in [-0.2, 0) is 17.7 Å². The number of aryl methyl sites for hydroxylation is 1. The fourth-order valence-corrected chi connectivity index (χ4v) is 2.74. The van der Waals surface area contributed by atoms with E-state index in [4.69, 9.17) is 9.15 Å². The third-order valence-electron chi connectivity index (χ3n) is 3.94. The molecule has 0 unspecified atom stereocenters. The van der Waals surface area contributed by atoms with Crippen LogP contribution in [0.4, 0.5) is 4.79 Å². The third kappa shape index (κ3) is 6.22. The van der Waals surface area contributed by atoms with Crippen molar-refractivity contribution in [2.75, 3.05) is 0 Å². The monoisotopic (exact) mass is 323 g/mol. The lowest BCUT2D eigenvalue weighted by molar-refractivity contribution is 0.0489. The Hall–Kier alpha value is -1.56. The van der Waals surface area contributed by atoms with E-state index in [-0.39, 0.29) is 12.1 Å². The SMILES string of the molecule is CCc1cnc(CNC2CCC(NC(=O)OC(C)(C)C)CC2)o1. The van der Waals surface area contributed by atoms with Gasteiger partial charge >= 0.3 is 6.09 Å². The Kier molecular flexibility index (Phi) is 6.04. The van der Waals surface area contributed by atoms with Crippen molar-refractivity contribution in [1.29, 1.82) is 0 Å². The number of amides is 1. The summed E-state index contributed by atoms with van der Waals surface area (Å²) in [6.45, 7) is 8.34. The number of alkyl carbamates (subject to hydrolysis) is 1. The summed E-state index contributed by atoms with van der Waals surface area (Å²) in [5.74, 6) is 1.67. The summed E-state index contributed by atoms with van der Waals surface area (Å²) >= 11 is 0. The van der Waals surface area contributed by atoms with Crippen LogP contribution in [0.5, 0.6) is 0 Å². The molecule has 6 nitrogen and oxygen atoms in total. The Morgan fingerprint density at radius 3 is 2.52 bits per heavy atom. The summed E-state index contributed by atoms with van der Waals surface area (Å²) in [6, 6.07) is 0.653. The topological polar surface area (TPSA) is 76.4 Å². The lowest BCUT2D eigenvalue weighted by Gasteiger charge is -2.30. The first-order valence-electron chi connectivity index (χ1n) is 8.52. The normalized spacial score (nSPS) is 21.9. The summed E-state index contributed by atoms with van der Waals surface area (Å²) < 4.78 is 10.9. The molecule has 0 saturated heterocycles. The number of carbonyl (C=O) groups is 1. The van der Waals surface area contributed by atoms with Crippen molar-refractivity contribution in [3.05, 3.63) is 17.8 Å². The van der Waals surface area contributed by atoms with Gasteiger partial charge in [0.1, 0.15) is 11.4 Å². The van der Waals surface area contributed by atoms with Crippen molar-refractivity contribution in [3.8, 4) is 0 Å². The largest absolute Gasteiger partial charge is 0.444 e. The Morgan fingerprint density at radius 2 is 1.96 bits per heavy atom. The van der Waals surface area contributed by atoms with Gasteiger partial charge in [-0.1, -0.05) is 6.92 Å². The summed E-state index contributed by atoms with van der Waals surface area (Å²) in [4.78, 5) is 16.0. The summed E-state index contributed by atoms with van der Waals surface area (Å²) in [5, 5.41) is 6.45. The van der Waals surface area contributed by atoms with Crippen molar-refractivity contribution in [3.63, 3.8) is 0 Å². The van der Waals surface area contributed by atoms with Crippen LogP contribution in [-0.4, -0.2) is 28.8 Å². The maximum atomic E-state index is 11.8. The highest BCUT2D eigenvalue weighted by Crippen LogP contribution is 2.20. The van der Waals surface area contributed by atoms with E-state index in [9.17, 15) is 4.79 Å². The molecule has 0 aromatic carbocycles. The number of nitrogens with one attached hydrogen (secondary N) is 2. The van der Waals surface area contributed by atoms with E-state index < -0.39 is 5.60 Å². The van der Waals surface area contributed by atoms with E-state index >= 15 is 0 Å². The minimum absolute atomic E-state index is 0.205. The average molecular weight is 323 g/mol. The number of ether oxygens (including phenoxy) is 1. The van der Waals surface area contributed by atoms with Gasteiger partial charge in [-0.2, -0.15) is 0 Å². The minimum atomic E-state index is -0.448. The number of hydrogen-bond acceptors (Lipinski definition) is 5. The molecule has 0 spiro atoms. The maximum absolute atomic E-state index is 11.8. The lowest BCUT2D eigenvalue weighted by atomic mass is 9.91. The quantitative estimate of drug-likeness (QED) is 0.870. The molecule has 2 rings (SSSR count). The molecule has 1 aliphatic carbocycles. The summed E-state index contributed by atoms with van der Waals surface area (Å²) in [7, 11) is 0. The standard InChI is InChI=1S/C17H29N3O3/c1-5-14-10-19-15(22-14)11-18-12-6-8-13(9-7-12)20-16(21)23-17(2,3)4/h10,12-13,18H,5-9,11H2,1-4H3,(H,20,21). The third-order valence-corrected chi connectivity index (χ3v) is 3.94. The highest BCUT2D eigenvalue weighted by molar-refractivity contribution is 5.68. The van der Waals surface area contributed by atoms with Crippen LogP contribution in [0.25, 0.3) is 0 Å². The molecule has 0 atom stereocenters. The fourth-order valence-electron chi connectivity index (χ4n) is 2.74. The van der Waals surface area contributed by atoms with Crippen LogP contribution in [0.2, 0.25) is 0 Å². The van der Waals surface area contributed by atoms with Crippen molar-refractivity contribution >= 4 is 6.09 Å². The van der Waals surface area contributed by atoms with Gasteiger partial charge in [0.25, 0.3) is 0 Å². The molecule has 130 valence electrons. The number of carbonyl (C=O) groups excluding carboxylic acids is 1. The summed E-state index contributed by atoms with van der Waals surface area (Å²) in [5.41, 5.74) is -0.448. The maximum Gasteiger partial charge on any atom is 0.407 e. The molecule has 2 N–H and O–H groups in total. The second-order valence-electron chi connectivity index (χ2n) is 7.15. The number of nitrogens with zero attached hydrogens (tertiary/aromatic N) is 1. The Labute approximate surface area is 138 Å². The van der Waals surface area contributed by atoms with E-state index in [2.05, 4.69) is 22.5 Å². The van der Waals surface area contributed by atoms with Gasteiger partial charge in [-0.25, -0.2) is 9.78 Å². The Bertz CT molecular complexity index is 499. The Morgan fingerprint density at radius 1 is 1.30 bits per heavy atom. The average Bonchev–Trinajstić information content (AvgIpc) is 2.92. The van der Waals surface area contributed by atoms with Gasteiger partial charge in [-0.15, -0.1) is 0 Å². The molecule has 6 heteroatoms. The molecule has 0 radical (unpaired) electrons. The second-order valence-corrected chi connectivity index (χ2v) is 7.15. The van der Waals surface area contributed by atoms with Gasteiger partial charge in [-0.05, 0) is 46.5 Å². The number of oxazole rings is 1. The molecule has 0 aliphatic heterocycles. The van der Waals surface area contributed by atoms with Crippen LogP contribution < -0.4 is 10.6 Å². The highest BCUT2D eigenvalue weighted by atomic mass is 16.6. The van der Waals surface area contributed by atoms with Crippen molar-refractivity contribution < 1.29 is 13.9 Å².